The lowest BCUT2D eigenvalue weighted by molar-refractivity contribution is 0.0740. The van der Waals surface area contributed by atoms with Gasteiger partial charge in [-0.05, 0) is 37.8 Å². The first kappa shape index (κ1) is 15.1. The Morgan fingerprint density at radius 1 is 1.00 bits per heavy atom. The summed E-state index contributed by atoms with van der Waals surface area (Å²) in [5, 5.41) is 0. The summed E-state index contributed by atoms with van der Waals surface area (Å²) < 4.78 is 0. The molecule has 0 unspecified atom stereocenters. The van der Waals surface area contributed by atoms with Gasteiger partial charge in [-0.2, -0.15) is 0 Å². The molecule has 118 valence electrons. The van der Waals surface area contributed by atoms with Gasteiger partial charge in [0, 0.05) is 51.0 Å². The van der Waals surface area contributed by atoms with Gasteiger partial charge in [0.25, 0.3) is 0 Å². The van der Waals surface area contributed by atoms with E-state index in [4.69, 9.17) is 0 Å². The fourth-order valence-corrected chi connectivity index (χ4v) is 3.93. The first-order valence-corrected chi connectivity index (χ1v) is 8.59. The van der Waals surface area contributed by atoms with Gasteiger partial charge in [0.05, 0.1) is 0 Å². The number of likely N-dealkylation sites (N-methyl/N-ethyl adjacent to an activating group) is 1. The smallest absolute Gasteiger partial charge is 0.0189 e. The summed E-state index contributed by atoms with van der Waals surface area (Å²) in [5.74, 6) is 0. The molecule has 2 fully saturated rings. The molecular formula is C18H31N3. The third kappa shape index (κ3) is 3.70. The van der Waals surface area contributed by atoms with Crippen LogP contribution in [-0.2, 0) is 0 Å². The Labute approximate surface area is 130 Å². The zero-order valence-electron chi connectivity index (χ0n) is 14.0. The third-order valence-corrected chi connectivity index (χ3v) is 5.40. The largest absolute Gasteiger partial charge is 0.375 e. The maximum atomic E-state index is 2.73. The summed E-state index contributed by atoms with van der Waals surface area (Å²) in [7, 11) is 2.24. The highest BCUT2D eigenvalue weighted by atomic mass is 15.3. The maximum absolute atomic E-state index is 2.73. The van der Waals surface area contributed by atoms with Gasteiger partial charge in [0.2, 0.25) is 0 Å². The molecule has 2 saturated heterocycles. The fraction of sp³-hybridized carbons (Fsp3) is 0.778. The van der Waals surface area contributed by atoms with E-state index in [2.05, 4.69) is 53.8 Å². The van der Waals surface area contributed by atoms with Crippen molar-refractivity contribution >= 4 is 0 Å². The van der Waals surface area contributed by atoms with Crippen molar-refractivity contribution in [1.29, 1.82) is 0 Å². The van der Waals surface area contributed by atoms with Crippen LogP contribution in [0.5, 0.6) is 0 Å². The van der Waals surface area contributed by atoms with Gasteiger partial charge < -0.3 is 9.80 Å². The van der Waals surface area contributed by atoms with Crippen molar-refractivity contribution in [3.63, 3.8) is 0 Å². The van der Waals surface area contributed by atoms with Crippen LogP contribution in [0.1, 0.15) is 33.1 Å². The normalized spacial score (nSPS) is 28.7. The van der Waals surface area contributed by atoms with Crippen LogP contribution in [0, 0.1) is 5.41 Å². The average Bonchev–Trinajstić information content (AvgIpc) is 2.47. The average molecular weight is 289 g/mol. The summed E-state index contributed by atoms with van der Waals surface area (Å²) in [6.45, 7) is 12.2. The summed E-state index contributed by atoms with van der Waals surface area (Å²) in [6, 6.07) is 0.822. The molecule has 3 nitrogen and oxygen atoms in total. The molecule has 3 heteroatoms. The number of nitrogens with zero attached hydrogens (tertiary/aromatic N) is 3. The third-order valence-electron chi connectivity index (χ3n) is 5.40. The topological polar surface area (TPSA) is 9.72 Å². The molecule has 0 aromatic rings. The zero-order valence-corrected chi connectivity index (χ0v) is 14.0. The van der Waals surface area contributed by atoms with E-state index in [1.165, 1.54) is 58.5 Å². The van der Waals surface area contributed by atoms with Crippen LogP contribution in [0.25, 0.3) is 0 Å². The second kappa shape index (κ2) is 6.13. The van der Waals surface area contributed by atoms with E-state index in [-0.39, 0.29) is 0 Å². The first-order valence-electron chi connectivity index (χ1n) is 8.59. The van der Waals surface area contributed by atoms with Crippen molar-refractivity contribution in [1.82, 2.24) is 14.7 Å². The molecule has 0 aromatic heterocycles. The molecule has 2 aliphatic heterocycles. The predicted molar refractivity (Wildman–Crippen MR) is 89.3 cm³/mol. The number of piperidine rings is 1. The number of hydrogen-bond donors (Lipinski definition) is 0. The number of hydrogen-bond acceptors (Lipinski definition) is 3. The molecular weight excluding hydrogens is 258 g/mol. The second-order valence-corrected chi connectivity index (χ2v) is 7.74. The minimum absolute atomic E-state index is 0.332. The number of rotatable bonds is 2. The Balaban J connectivity index is 1.51. The van der Waals surface area contributed by atoms with Gasteiger partial charge in [-0.15, -0.1) is 0 Å². The van der Waals surface area contributed by atoms with E-state index >= 15 is 0 Å². The molecule has 2 heterocycles. The highest BCUT2D eigenvalue weighted by Gasteiger charge is 2.29. The molecule has 0 radical (unpaired) electrons. The van der Waals surface area contributed by atoms with Crippen LogP contribution in [-0.4, -0.2) is 67.1 Å². The standard InChI is InChI=1S/C18H31N3/c1-18(2)8-4-5-17(15-18)20-9-6-16(7-10-20)21-13-11-19(3)12-14-21/h4-5,8,16H,6-7,9-15H2,1-3H3. The molecule has 1 aliphatic carbocycles. The summed E-state index contributed by atoms with van der Waals surface area (Å²) in [4.78, 5) is 7.82. The molecule has 21 heavy (non-hydrogen) atoms. The van der Waals surface area contributed by atoms with E-state index in [9.17, 15) is 0 Å². The molecule has 0 N–H and O–H groups in total. The number of piperazine rings is 1. The van der Waals surface area contributed by atoms with E-state index in [0.29, 0.717) is 5.41 Å². The zero-order chi connectivity index (χ0) is 14.9. The first-order chi connectivity index (χ1) is 10.0. The van der Waals surface area contributed by atoms with E-state index in [0.717, 1.165) is 6.04 Å². The monoisotopic (exact) mass is 289 g/mol. The Morgan fingerprint density at radius 2 is 1.67 bits per heavy atom. The van der Waals surface area contributed by atoms with Crippen LogP contribution >= 0.6 is 0 Å². The predicted octanol–water partition coefficient (Wildman–Crippen LogP) is 2.57. The van der Waals surface area contributed by atoms with Crippen LogP contribution in [0.2, 0.25) is 0 Å². The van der Waals surface area contributed by atoms with Gasteiger partial charge in [0.15, 0.2) is 0 Å². The quantitative estimate of drug-likeness (QED) is 0.773. The van der Waals surface area contributed by atoms with Crippen molar-refractivity contribution in [3.8, 4) is 0 Å². The van der Waals surface area contributed by atoms with Gasteiger partial charge in [-0.25, -0.2) is 0 Å². The summed E-state index contributed by atoms with van der Waals surface area (Å²) in [6.07, 6.45) is 10.8. The number of allylic oxidation sites excluding steroid dienone is 4. The molecule has 0 atom stereocenters. The number of likely N-dealkylation sites (tertiary alicyclic amines) is 1. The fourth-order valence-electron chi connectivity index (χ4n) is 3.93. The highest BCUT2D eigenvalue weighted by Crippen LogP contribution is 2.33. The van der Waals surface area contributed by atoms with Crippen LogP contribution in [0.4, 0.5) is 0 Å². The molecule has 0 bridgehead atoms. The van der Waals surface area contributed by atoms with Crippen molar-refractivity contribution in [3.05, 3.63) is 23.9 Å². The van der Waals surface area contributed by atoms with Crippen molar-refractivity contribution in [2.75, 3.05) is 46.3 Å². The van der Waals surface area contributed by atoms with Crippen LogP contribution in [0.3, 0.4) is 0 Å². The maximum Gasteiger partial charge on any atom is 0.0189 e. The molecule has 3 aliphatic rings. The molecule has 3 rings (SSSR count). The minimum Gasteiger partial charge on any atom is -0.375 e. The second-order valence-electron chi connectivity index (χ2n) is 7.74. The molecule has 0 spiro atoms. The van der Waals surface area contributed by atoms with Gasteiger partial charge in [0.1, 0.15) is 0 Å². The Hall–Kier alpha value is -0.800. The lowest BCUT2D eigenvalue weighted by atomic mass is 9.83. The molecule has 0 aromatic carbocycles. The molecule has 0 amide bonds. The Kier molecular flexibility index (Phi) is 4.41. The lowest BCUT2D eigenvalue weighted by Crippen LogP contribution is -2.52. The van der Waals surface area contributed by atoms with E-state index in [1.807, 2.05) is 0 Å². The summed E-state index contributed by atoms with van der Waals surface area (Å²) >= 11 is 0. The van der Waals surface area contributed by atoms with Gasteiger partial charge >= 0.3 is 0 Å². The van der Waals surface area contributed by atoms with Gasteiger partial charge in [-0.1, -0.05) is 26.0 Å². The van der Waals surface area contributed by atoms with Crippen LogP contribution < -0.4 is 0 Å². The van der Waals surface area contributed by atoms with Crippen LogP contribution in [0.15, 0.2) is 23.9 Å². The Morgan fingerprint density at radius 3 is 2.29 bits per heavy atom. The van der Waals surface area contributed by atoms with Crippen molar-refractivity contribution in [2.45, 2.75) is 39.2 Å². The van der Waals surface area contributed by atoms with Crippen molar-refractivity contribution < 1.29 is 0 Å². The lowest BCUT2D eigenvalue weighted by Gasteiger charge is -2.44. The van der Waals surface area contributed by atoms with Gasteiger partial charge in [-0.3, -0.25) is 4.90 Å². The minimum atomic E-state index is 0.332. The Bertz CT molecular complexity index is 408. The summed E-state index contributed by atoms with van der Waals surface area (Å²) in [5.41, 5.74) is 1.89. The SMILES string of the molecule is CN1CCN(C2CCN(C3=CC=CC(C)(C)C3)CC2)CC1. The molecule has 0 saturated carbocycles. The van der Waals surface area contributed by atoms with Crippen molar-refractivity contribution in [2.24, 2.45) is 5.41 Å². The van der Waals surface area contributed by atoms with E-state index in [1.54, 1.807) is 5.70 Å². The highest BCUT2D eigenvalue weighted by molar-refractivity contribution is 5.22. The van der Waals surface area contributed by atoms with E-state index < -0.39 is 0 Å².